The van der Waals surface area contributed by atoms with Crippen LogP contribution in [0.1, 0.15) is 0 Å². The number of fused-ring (bicyclic) bond motifs is 2. The highest BCUT2D eigenvalue weighted by Gasteiger charge is 2.21. The van der Waals surface area contributed by atoms with Gasteiger partial charge in [0.05, 0.1) is 0 Å². The maximum absolute atomic E-state index is 9.90. The average Bonchev–Trinajstić information content (AvgIpc) is 2.89. The summed E-state index contributed by atoms with van der Waals surface area (Å²) < 4.78 is 2.18. The lowest BCUT2D eigenvalue weighted by molar-refractivity contribution is -0.538. The van der Waals surface area contributed by atoms with Crippen molar-refractivity contribution in [3.8, 4) is 11.4 Å². The monoisotopic (exact) mass is 455 g/mol. The van der Waals surface area contributed by atoms with Crippen molar-refractivity contribution in [3.63, 3.8) is 0 Å². The molecule has 0 aliphatic carbocycles. The number of phenols is 1. The zero-order chi connectivity index (χ0) is 23.6. The minimum Gasteiger partial charge on any atom is -0.508 e. The second-order valence-electron chi connectivity index (χ2n) is 8.35. The van der Waals surface area contributed by atoms with Crippen LogP contribution in [0, 0.1) is 0 Å². The van der Waals surface area contributed by atoms with Crippen molar-refractivity contribution in [2.75, 3.05) is 10.6 Å². The van der Waals surface area contributed by atoms with Crippen molar-refractivity contribution >= 4 is 44.8 Å². The predicted molar refractivity (Wildman–Crippen MR) is 142 cm³/mol. The smallest absolute Gasteiger partial charge is 0.239 e. The Bertz CT molecular complexity index is 1530. The lowest BCUT2D eigenvalue weighted by atomic mass is 10.1. The predicted octanol–water partition coefficient (Wildman–Crippen LogP) is 6.86. The fourth-order valence-corrected chi connectivity index (χ4v) is 4.27. The number of nitrogens with one attached hydrogen (secondary N) is 2. The number of anilines is 4. The van der Waals surface area contributed by atoms with E-state index >= 15 is 0 Å². The number of hydrogen-bond donors (Lipinski definition) is 3. The first-order valence-electron chi connectivity index (χ1n) is 11.5. The Morgan fingerprint density at radius 2 is 1.00 bits per heavy atom. The molecular formula is C30H23N4O+. The van der Waals surface area contributed by atoms with Gasteiger partial charge in [0.15, 0.2) is 0 Å². The maximum Gasteiger partial charge on any atom is 0.239 e. The molecule has 5 heteroatoms. The summed E-state index contributed by atoms with van der Waals surface area (Å²) in [5.74, 6) is 0.231. The number of nitrogens with zero attached hydrogens (tertiary/aromatic N) is 2. The molecule has 0 atom stereocenters. The van der Waals surface area contributed by atoms with E-state index in [4.69, 9.17) is 4.98 Å². The van der Waals surface area contributed by atoms with Crippen LogP contribution in [-0.4, -0.2) is 10.1 Å². The minimum absolute atomic E-state index is 0.231. The van der Waals surface area contributed by atoms with E-state index < -0.39 is 0 Å². The minimum atomic E-state index is 0.231. The van der Waals surface area contributed by atoms with Crippen LogP contribution in [0.15, 0.2) is 121 Å². The molecule has 168 valence electrons. The molecule has 5 nitrogen and oxygen atoms in total. The highest BCUT2D eigenvalue weighted by Crippen LogP contribution is 2.26. The lowest BCUT2D eigenvalue weighted by Crippen LogP contribution is -2.33. The average molecular weight is 456 g/mol. The molecule has 0 aliphatic heterocycles. The van der Waals surface area contributed by atoms with Gasteiger partial charge in [-0.2, -0.15) is 0 Å². The van der Waals surface area contributed by atoms with Gasteiger partial charge in [0.2, 0.25) is 16.7 Å². The molecular weight excluding hydrogens is 432 g/mol. The summed E-state index contributed by atoms with van der Waals surface area (Å²) in [5.41, 5.74) is 8.60. The topological polar surface area (TPSA) is 61.1 Å². The van der Waals surface area contributed by atoms with Crippen molar-refractivity contribution < 1.29 is 9.67 Å². The standard InChI is InChI=1S/C30H22N4O/c35-26-15-13-25(14-16-26)34-29-19-23(31-21-7-3-1-4-8-21)11-17-27(29)33-28-18-12-24(20-30(28)34)32-22-9-5-2-6-10-22/h1-20H,(H2,31,32,35)/p+1. The van der Waals surface area contributed by atoms with E-state index in [0.29, 0.717) is 0 Å². The molecule has 0 bridgehead atoms. The van der Waals surface area contributed by atoms with Gasteiger partial charge >= 0.3 is 0 Å². The molecule has 0 aliphatic rings. The zero-order valence-corrected chi connectivity index (χ0v) is 18.9. The highest BCUT2D eigenvalue weighted by molar-refractivity contribution is 5.87. The number of benzene rings is 5. The number of aromatic nitrogens is 2. The van der Waals surface area contributed by atoms with Gasteiger partial charge in [-0.1, -0.05) is 36.4 Å². The lowest BCUT2D eigenvalue weighted by Gasteiger charge is -2.10. The summed E-state index contributed by atoms with van der Waals surface area (Å²) in [6.45, 7) is 0. The quantitative estimate of drug-likeness (QED) is 0.196. The van der Waals surface area contributed by atoms with E-state index in [0.717, 1.165) is 50.5 Å². The Kier molecular flexibility index (Phi) is 5.20. The van der Waals surface area contributed by atoms with Gasteiger partial charge < -0.3 is 15.7 Å². The van der Waals surface area contributed by atoms with Crippen LogP contribution in [-0.2, 0) is 0 Å². The van der Waals surface area contributed by atoms with Crippen molar-refractivity contribution in [2.45, 2.75) is 0 Å². The third-order valence-corrected chi connectivity index (χ3v) is 5.91. The van der Waals surface area contributed by atoms with Crippen molar-refractivity contribution in [1.29, 1.82) is 0 Å². The van der Waals surface area contributed by atoms with Gasteiger partial charge in [-0.25, -0.2) is 4.98 Å². The van der Waals surface area contributed by atoms with E-state index in [1.807, 2.05) is 97.1 Å². The molecule has 6 rings (SSSR count). The number of rotatable bonds is 5. The first kappa shape index (κ1) is 20.7. The normalized spacial score (nSPS) is 11.0. The molecule has 0 saturated carbocycles. The Morgan fingerprint density at radius 3 is 1.49 bits per heavy atom. The van der Waals surface area contributed by atoms with Gasteiger partial charge in [-0.3, -0.25) is 0 Å². The highest BCUT2D eigenvalue weighted by atomic mass is 16.3. The summed E-state index contributed by atoms with van der Waals surface area (Å²) in [4.78, 5) is 4.95. The van der Waals surface area contributed by atoms with Gasteiger partial charge in [0, 0.05) is 47.0 Å². The molecule has 5 aromatic carbocycles. The molecule has 0 amide bonds. The Balaban J connectivity index is 1.55. The first-order valence-corrected chi connectivity index (χ1v) is 11.5. The van der Waals surface area contributed by atoms with E-state index in [9.17, 15) is 5.11 Å². The number of hydrogen-bond acceptors (Lipinski definition) is 4. The number of aromatic hydroxyl groups is 1. The van der Waals surface area contributed by atoms with E-state index in [1.165, 1.54) is 0 Å². The van der Waals surface area contributed by atoms with Crippen molar-refractivity contribution in [1.82, 2.24) is 4.98 Å². The van der Waals surface area contributed by atoms with Crippen LogP contribution in [0.3, 0.4) is 0 Å². The molecule has 0 saturated heterocycles. The van der Waals surface area contributed by atoms with Gasteiger partial charge in [0.1, 0.15) is 16.8 Å². The van der Waals surface area contributed by atoms with Crippen LogP contribution in [0.2, 0.25) is 0 Å². The van der Waals surface area contributed by atoms with Crippen molar-refractivity contribution in [3.05, 3.63) is 121 Å². The molecule has 0 radical (unpaired) electrons. The summed E-state index contributed by atoms with van der Waals surface area (Å²) in [7, 11) is 0. The van der Waals surface area contributed by atoms with Gasteiger partial charge in [0.25, 0.3) is 0 Å². The number of para-hydroxylation sites is 2. The Hall–Kier alpha value is -4.90. The molecule has 6 aromatic rings. The van der Waals surface area contributed by atoms with E-state index in [1.54, 1.807) is 12.1 Å². The largest absolute Gasteiger partial charge is 0.508 e. The maximum atomic E-state index is 9.90. The summed E-state index contributed by atoms with van der Waals surface area (Å²) >= 11 is 0. The fraction of sp³-hybridized carbons (Fsp3) is 0. The fourth-order valence-electron chi connectivity index (χ4n) is 4.27. The second kappa shape index (κ2) is 8.80. The Morgan fingerprint density at radius 1 is 0.514 bits per heavy atom. The van der Waals surface area contributed by atoms with Gasteiger partial charge in [-0.15, -0.1) is 4.57 Å². The zero-order valence-electron chi connectivity index (χ0n) is 18.9. The van der Waals surface area contributed by atoms with Gasteiger partial charge in [-0.05, 0) is 60.7 Å². The van der Waals surface area contributed by atoms with Crippen LogP contribution >= 0.6 is 0 Å². The molecule has 1 heterocycles. The van der Waals surface area contributed by atoms with Crippen molar-refractivity contribution in [2.24, 2.45) is 0 Å². The first-order chi connectivity index (χ1) is 17.2. The summed E-state index contributed by atoms with van der Waals surface area (Å²) in [6.07, 6.45) is 0. The molecule has 0 unspecified atom stereocenters. The van der Waals surface area contributed by atoms with Crippen LogP contribution in [0.25, 0.3) is 27.8 Å². The Labute approximate surface area is 203 Å². The van der Waals surface area contributed by atoms with Crippen LogP contribution in [0.4, 0.5) is 22.7 Å². The van der Waals surface area contributed by atoms with E-state index in [2.05, 4.69) is 27.3 Å². The third-order valence-electron chi connectivity index (χ3n) is 5.91. The summed E-state index contributed by atoms with van der Waals surface area (Å²) in [5, 5.41) is 16.9. The third kappa shape index (κ3) is 4.23. The molecule has 0 fully saturated rings. The molecule has 1 aromatic heterocycles. The SMILES string of the molecule is Oc1ccc(-[n+]2c3cc(Nc4ccccc4)ccc3nc3ccc(Nc4ccccc4)cc32)cc1. The van der Waals surface area contributed by atoms with E-state index in [-0.39, 0.29) is 5.75 Å². The molecule has 35 heavy (non-hydrogen) atoms. The summed E-state index contributed by atoms with van der Waals surface area (Å²) in [6, 6.07) is 39.8. The number of phenolic OH excluding ortho intramolecular Hbond substituents is 1. The van der Waals surface area contributed by atoms with Crippen LogP contribution < -0.4 is 15.2 Å². The second-order valence-corrected chi connectivity index (χ2v) is 8.35. The van der Waals surface area contributed by atoms with Crippen LogP contribution in [0.5, 0.6) is 5.75 Å². The molecule has 3 N–H and O–H groups in total. The molecule has 0 spiro atoms.